The van der Waals surface area contributed by atoms with Gasteiger partial charge in [-0.15, -0.1) is 0 Å². The van der Waals surface area contributed by atoms with Gasteiger partial charge in [-0.1, -0.05) is 0 Å². The van der Waals surface area contributed by atoms with Crippen molar-refractivity contribution in [2.75, 3.05) is 6.54 Å². The van der Waals surface area contributed by atoms with Crippen LogP contribution in [0.15, 0.2) is 0 Å². The van der Waals surface area contributed by atoms with Crippen LogP contribution in [0.1, 0.15) is 6.42 Å². The van der Waals surface area contributed by atoms with Gasteiger partial charge in [-0.2, -0.15) is 0 Å². The molecular formula is C5H10N2O3. The molecule has 1 aliphatic rings. The second-order valence-corrected chi connectivity index (χ2v) is 2.23. The molecule has 0 aromatic heterocycles. The number of carbonyl (C=O) groups is 1. The van der Waals surface area contributed by atoms with Crippen LogP contribution in [-0.2, 0) is 9.63 Å². The Hall–Kier alpha value is -0.650. The van der Waals surface area contributed by atoms with Crippen molar-refractivity contribution in [3.05, 3.63) is 0 Å². The standard InChI is InChI=1S/C5H10N2O3/c6-10-3-1-2-7-4(3)5(8)9/h3-4,7H,1-2,6H2,(H,8,9)/t3?,4-/m0/s1. The monoisotopic (exact) mass is 146 g/mol. The van der Waals surface area contributed by atoms with Gasteiger partial charge in [0.1, 0.15) is 12.1 Å². The van der Waals surface area contributed by atoms with Crippen LogP contribution in [-0.4, -0.2) is 29.8 Å². The minimum atomic E-state index is -0.909. The maximum Gasteiger partial charge on any atom is 0.323 e. The lowest BCUT2D eigenvalue weighted by atomic mass is 10.2. The minimum absolute atomic E-state index is 0.377. The minimum Gasteiger partial charge on any atom is -0.480 e. The molecule has 1 aliphatic heterocycles. The average molecular weight is 146 g/mol. The molecule has 0 saturated carbocycles. The summed E-state index contributed by atoms with van der Waals surface area (Å²) in [6.07, 6.45) is 0.283. The third-order valence-corrected chi connectivity index (χ3v) is 1.61. The van der Waals surface area contributed by atoms with E-state index in [2.05, 4.69) is 10.2 Å². The van der Waals surface area contributed by atoms with Crippen LogP contribution >= 0.6 is 0 Å². The van der Waals surface area contributed by atoms with Gasteiger partial charge >= 0.3 is 5.97 Å². The van der Waals surface area contributed by atoms with Gasteiger partial charge in [0.15, 0.2) is 0 Å². The molecule has 0 spiro atoms. The first-order chi connectivity index (χ1) is 4.75. The lowest BCUT2D eigenvalue weighted by molar-refractivity contribution is -0.142. The summed E-state index contributed by atoms with van der Waals surface area (Å²) < 4.78 is 0. The number of carboxylic acid groups (broad SMARTS) is 1. The van der Waals surface area contributed by atoms with Crippen LogP contribution in [0.25, 0.3) is 0 Å². The van der Waals surface area contributed by atoms with E-state index in [1.54, 1.807) is 0 Å². The van der Waals surface area contributed by atoms with Crippen LogP contribution in [0.4, 0.5) is 0 Å². The fourth-order valence-corrected chi connectivity index (χ4v) is 1.07. The first-order valence-corrected chi connectivity index (χ1v) is 3.07. The maximum absolute atomic E-state index is 10.4. The van der Waals surface area contributed by atoms with E-state index in [9.17, 15) is 4.79 Å². The van der Waals surface area contributed by atoms with Crippen LogP contribution in [0, 0.1) is 0 Å². The summed E-state index contributed by atoms with van der Waals surface area (Å²) in [5, 5.41) is 11.3. The number of aliphatic carboxylic acids is 1. The highest BCUT2D eigenvalue weighted by Gasteiger charge is 2.32. The topological polar surface area (TPSA) is 84.6 Å². The molecule has 58 valence electrons. The second kappa shape index (κ2) is 2.96. The number of hydrogen-bond acceptors (Lipinski definition) is 4. The van der Waals surface area contributed by atoms with E-state index in [0.717, 1.165) is 0 Å². The van der Waals surface area contributed by atoms with Gasteiger partial charge < -0.3 is 10.4 Å². The van der Waals surface area contributed by atoms with Crippen LogP contribution in [0.5, 0.6) is 0 Å². The van der Waals surface area contributed by atoms with Crippen LogP contribution in [0.3, 0.4) is 0 Å². The van der Waals surface area contributed by atoms with Crippen molar-refractivity contribution in [2.45, 2.75) is 18.6 Å². The number of carboxylic acids is 1. The predicted molar refractivity (Wildman–Crippen MR) is 33.1 cm³/mol. The molecule has 10 heavy (non-hydrogen) atoms. The third kappa shape index (κ3) is 1.26. The van der Waals surface area contributed by atoms with E-state index >= 15 is 0 Å². The maximum atomic E-state index is 10.4. The summed E-state index contributed by atoms with van der Waals surface area (Å²) in [5.74, 6) is 3.95. The van der Waals surface area contributed by atoms with E-state index in [4.69, 9.17) is 11.0 Å². The van der Waals surface area contributed by atoms with E-state index in [0.29, 0.717) is 13.0 Å². The summed E-state index contributed by atoms with van der Waals surface area (Å²) in [6.45, 7) is 0.652. The Morgan fingerprint density at radius 2 is 2.50 bits per heavy atom. The van der Waals surface area contributed by atoms with Crippen molar-refractivity contribution < 1.29 is 14.7 Å². The SMILES string of the molecule is NOC1CCN[C@@H]1C(=O)O. The largest absolute Gasteiger partial charge is 0.480 e. The average Bonchev–Trinajstić information content (AvgIpc) is 2.33. The zero-order valence-corrected chi connectivity index (χ0v) is 5.41. The normalized spacial score (nSPS) is 32.5. The van der Waals surface area contributed by atoms with E-state index in [1.165, 1.54) is 0 Å². The molecule has 1 heterocycles. The van der Waals surface area contributed by atoms with Gasteiger partial charge in [-0.05, 0) is 13.0 Å². The molecule has 2 atom stereocenters. The summed E-state index contributed by atoms with van der Waals surface area (Å²) in [6, 6.07) is -0.634. The summed E-state index contributed by atoms with van der Waals surface area (Å²) >= 11 is 0. The molecule has 0 aromatic carbocycles. The lowest BCUT2D eigenvalue weighted by Crippen LogP contribution is -2.40. The summed E-state index contributed by atoms with van der Waals surface area (Å²) in [7, 11) is 0. The first kappa shape index (κ1) is 7.46. The Morgan fingerprint density at radius 3 is 2.90 bits per heavy atom. The Kier molecular flexibility index (Phi) is 2.21. The zero-order chi connectivity index (χ0) is 7.56. The molecule has 0 aliphatic carbocycles. The summed E-state index contributed by atoms with van der Waals surface area (Å²) in [5.41, 5.74) is 0. The number of hydrogen-bond donors (Lipinski definition) is 3. The Morgan fingerprint density at radius 1 is 1.80 bits per heavy atom. The number of rotatable bonds is 2. The van der Waals surface area contributed by atoms with Crippen molar-refractivity contribution >= 4 is 5.97 Å². The number of nitrogens with two attached hydrogens (primary N) is 1. The van der Waals surface area contributed by atoms with Crippen molar-refractivity contribution in [3.63, 3.8) is 0 Å². The Balaban J connectivity index is 2.50. The van der Waals surface area contributed by atoms with Crippen molar-refractivity contribution in [1.82, 2.24) is 5.32 Å². The second-order valence-electron chi connectivity index (χ2n) is 2.23. The molecule has 0 bridgehead atoms. The van der Waals surface area contributed by atoms with Gasteiger partial charge in [0.05, 0.1) is 0 Å². The van der Waals surface area contributed by atoms with Crippen molar-refractivity contribution in [2.24, 2.45) is 5.90 Å². The number of nitrogens with one attached hydrogen (secondary N) is 1. The Bertz CT molecular complexity index is 139. The quantitative estimate of drug-likeness (QED) is 0.421. The predicted octanol–water partition coefficient (Wildman–Crippen LogP) is -1.31. The van der Waals surface area contributed by atoms with Crippen molar-refractivity contribution in [3.8, 4) is 0 Å². The lowest BCUT2D eigenvalue weighted by Gasteiger charge is -2.11. The Labute approximate surface area is 58.1 Å². The fraction of sp³-hybridized carbons (Fsp3) is 0.800. The molecule has 1 unspecified atom stereocenters. The molecule has 1 rings (SSSR count). The molecule has 1 saturated heterocycles. The van der Waals surface area contributed by atoms with Gasteiger partial charge in [0.2, 0.25) is 0 Å². The molecule has 0 radical (unpaired) electrons. The van der Waals surface area contributed by atoms with Gasteiger partial charge in [-0.3, -0.25) is 9.63 Å². The van der Waals surface area contributed by atoms with Gasteiger partial charge in [0.25, 0.3) is 0 Å². The smallest absolute Gasteiger partial charge is 0.323 e. The third-order valence-electron chi connectivity index (χ3n) is 1.61. The molecule has 5 heteroatoms. The molecular weight excluding hydrogens is 136 g/mol. The van der Waals surface area contributed by atoms with Crippen LogP contribution in [0.2, 0.25) is 0 Å². The molecule has 5 nitrogen and oxygen atoms in total. The summed E-state index contributed by atoms with van der Waals surface area (Å²) in [4.78, 5) is 14.8. The zero-order valence-electron chi connectivity index (χ0n) is 5.41. The molecule has 1 fully saturated rings. The fourth-order valence-electron chi connectivity index (χ4n) is 1.07. The van der Waals surface area contributed by atoms with Crippen molar-refractivity contribution in [1.29, 1.82) is 0 Å². The molecule has 0 amide bonds. The van der Waals surface area contributed by atoms with E-state index in [1.807, 2.05) is 0 Å². The highest BCUT2D eigenvalue weighted by atomic mass is 16.6. The molecule has 4 N–H and O–H groups in total. The highest BCUT2D eigenvalue weighted by Crippen LogP contribution is 2.08. The first-order valence-electron chi connectivity index (χ1n) is 3.07. The van der Waals surface area contributed by atoms with E-state index < -0.39 is 12.0 Å². The highest BCUT2D eigenvalue weighted by molar-refractivity contribution is 5.74. The molecule has 0 aromatic rings. The van der Waals surface area contributed by atoms with Gasteiger partial charge in [0, 0.05) is 0 Å². The van der Waals surface area contributed by atoms with Crippen LogP contribution < -0.4 is 11.2 Å². The van der Waals surface area contributed by atoms with E-state index in [-0.39, 0.29) is 6.10 Å². The van der Waals surface area contributed by atoms with Gasteiger partial charge in [-0.25, -0.2) is 5.90 Å².